The standard InChI is InChI=1S/C28H31ClN6O2/c1-16-10-17(2)21(18(3)11-16)14-23(30)28(36)32-25-8-9-31-24-6-4-19(12-22(24)25)15-34-27-13-20(29)5-7-26(27)35(37)33-34/h4-7,10-13,23,25,31H,8-9,14-15,30H2,1-3H3,(H,32,36). The summed E-state index contributed by atoms with van der Waals surface area (Å²) in [5, 5.41) is 23.5. The average molecular weight is 519 g/mol. The van der Waals surface area contributed by atoms with Gasteiger partial charge in [-0.2, -0.15) is 0 Å². The molecule has 2 unspecified atom stereocenters. The first-order valence-corrected chi connectivity index (χ1v) is 12.8. The molecule has 0 bridgehead atoms. The lowest BCUT2D eigenvalue weighted by Gasteiger charge is -2.29. The van der Waals surface area contributed by atoms with Crippen LogP contribution in [-0.2, 0) is 17.8 Å². The molecule has 0 fully saturated rings. The fourth-order valence-corrected chi connectivity index (χ4v) is 5.46. The van der Waals surface area contributed by atoms with Gasteiger partial charge in [-0.05, 0) is 85.7 Å². The summed E-state index contributed by atoms with van der Waals surface area (Å²) in [5.74, 6) is -0.164. The van der Waals surface area contributed by atoms with Crippen LogP contribution in [0.15, 0.2) is 48.5 Å². The second kappa shape index (κ2) is 10.0. The van der Waals surface area contributed by atoms with Gasteiger partial charge in [-0.25, -0.2) is 0 Å². The Morgan fingerprint density at radius 3 is 2.73 bits per heavy atom. The van der Waals surface area contributed by atoms with Crippen molar-refractivity contribution in [1.82, 2.24) is 15.2 Å². The van der Waals surface area contributed by atoms with E-state index in [0.29, 0.717) is 33.9 Å². The number of nitrogens with one attached hydrogen (secondary N) is 2. The second-order valence-electron chi connectivity index (χ2n) is 9.94. The molecule has 0 spiro atoms. The summed E-state index contributed by atoms with van der Waals surface area (Å²) in [4.78, 5) is 13.8. The molecule has 1 aliphatic heterocycles. The van der Waals surface area contributed by atoms with Gasteiger partial charge in [-0.3, -0.25) is 4.79 Å². The van der Waals surface area contributed by atoms with Crippen LogP contribution in [0.5, 0.6) is 0 Å². The number of halogens is 1. The van der Waals surface area contributed by atoms with Crippen molar-refractivity contribution in [2.75, 3.05) is 11.9 Å². The van der Waals surface area contributed by atoms with Crippen LogP contribution in [0.25, 0.3) is 11.0 Å². The van der Waals surface area contributed by atoms with Crippen molar-refractivity contribution in [3.8, 4) is 0 Å². The Morgan fingerprint density at radius 1 is 1.22 bits per heavy atom. The maximum atomic E-state index is 13.2. The molecule has 4 N–H and O–H groups in total. The molecule has 2 heterocycles. The molecule has 0 saturated carbocycles. The molecule has 9 heteroatoms. The SMILES string of the molecule is Cc1cc(C)c(CC(N)C(=O)NC2CCNc3ccc(Cn4n[n+]([O-])c5ccc(Cl)cc54)cc32)c(C)c1. The van der Waals surface area contributed by atoms with Crippen LogP contribution >= 0.6 is 11.6 Å². The number of carbonyl (C=O) groups is 1. The number of amides is 1. The fraction of sp³-hybridized carbons (Fsp3) is 0.321. The van der Waals surface area contributed by atoms with Gasteiger partial charge in [0.25, 0.3) is 0 Å². The van der Waals surface area contributed by atoms with E-state index in [-0.39, 0.29) is 11.9 Å². The largest absolute Gasteiger partial charge is 0.691 e. The van der Waals surface area contributed by atoms with E-state index in [1.807, 2.05) is 12.1 Å². The summed E-state index contributed by atoms with van der Waals surface area (Å²) >= 11 is 6.15. The van der Waals surface area contributed by atoms with Crippen molar-refractivity contribution >= 4 is 34.2 Å². The van der Waals surface area contributed by atoms with Crippen molar-refractivity contribution in [2.45, 2.75) is 52.2 Å². The van der Waals surface area contributed by atoms with Gasteiger partial charge >= 0.3 is 0 Å². The Hall–Kier alpha value is -3.62. The van der Waals surface area contributed by atoms with Crippen LogP contribution in [0.4, 0.5) is 5.69 Å². The van der Waals surface area contributed by atoms with Crippen LogP contribution < -0.4 is 21.2 Å². The van der Waals surface area contributed by atoms with Crippen molar-refractivity contribution in [3.63, 3.8) is 0 Å². The third-order valence-corrected chi connectivity index (χ3v) is 7.34. The number of benzene rings is 3. The van der Waals surface area contributed by atoms with Gasteiger partial charge < -0.3 is 21.6 Å². The number of anilines is 1. The highest BCUT2D eigenvalue weighted by Gasteiger charge is 2.26. The lowest BCUT2D eigenvalue weighted by molar-refractivity contribution is -0.646. The first-order chi connectivity index (χ1) is 17.7. The van der Waals surface area contributed by atoms with Crippen molar-refractivity contribution in [2.24, 2.45) is 5.73 Å². The highest BCUT2D eigenvalue weighted by atomic mass is 35.5. The van der Waals surface area contributed by atoms with E-state index in [1.165, 1.54) is 5.56 Å². The summed E-state index contributed by atoms with van der Waals surface area (Å²) in [5.41, 5.74) is 15.1. The van der Waals surface area contributed by atoms with Gasteiger partial charge in [0, 0.05) is 23.3 Å². The minimum absolute atomic E-state index is 0.164. The maximum absolute atomic E-state index is 13.2. The minimum atomic E-state index is -0.644. The van der Waals surface area contributed by atoms with Crippen molar-refractivity contribution < 1.29 is 9.64 Å². The van der Waals surface area contributed by atoms with E-state index in [9.17, 15) is 10.0 Å². The molecule has 37 heavy (non-hydrogen) atoms. The van der Waals surface area contributed by atoms with Gasteiger partial charge in [0.1, 0.15) is 6.54 Å². The van der Waals surface area contributed by atoms with Crippen molar-refractivity contribution in [3.05, 3.63) is 92.1 Å². The third-order valence-electron chi connectivity index (χ3n) is 7.10. The molecule has 0 radical (unpaired) electrons. The van der Waals surface area contributed by atoms with Crippen LogP contribution in [0.2, 0.25) is 5.02 Å². The smallest absolute Gasteiger partial charge is 0.237 e. The van der Waals surface area contributed by atoms with Crippen LogP contribution in [0.3, 0.4) is 0 Å². The van der Waals surface area contributed by atoms with Crippen LogP contribution in [0, 0.1) is 26.0 Å². The number of hydrogen-bond donors (Lipinski definition) is 3. The maximum Gasteiger partial charge on any atom is 0.237 e. The number of nitrogens with zero attached hydrogens (tertiary/aromatic N) is 3. The van der Waals surface area contributed by atoms with E-state index < -0.39 is 6.04 Å². The Labute approximate surface area is 221 Å². The summed E-state index contributed by atoms with van der Waals surface area (Å²) in [6.45, 7) is 7.35. The van der Waals surface area contributed by atoms with E-state index in [4.69, 9.17) is 17.3 Å². The molecule has 0 aliphatic carbocycles. The molecule has 1 amide bonds. The Bertz CT molecular complexity index is 1470. The fourth-order valence-electron chi connectivity index (χ4n) is 5.29. The predicted molar refractivity (Wildman–Crippen MR) is 146 cm³/mol. The molecular weight excluding hydrogens is 488 g/mol. The molecule has 2 atom stereocenters. The summed E-state index contributed by atoms with van der Waals surface area (Å²) in [6, 6.07) is 14.6. The summed E-state index contributed by atoms with van der Waals surface area (Å²) in [6.07, 6.45) is 1.24. The van der Waals surface area contributed by atoms with Gasteiger partial charge in [0.15, 0.2) is 0 Å². The lowest BCUT2D eigenvalue weighted by Crippen LogP contribution is -2.44. The summed E-state index contributed by atoms with van der Waals surface area (Å²) < 4.78 is 1.64. The van der Waals surface area contributed by atoms with Crippen LogP contribution in [-0.4, -0.2) is 28.4 Å². The molecule has 8 nitrogen and oxygen atoms in total. The highest BCUT2D eigenvalue weighted by molar-refractivity contribution is 6.31. The number of aromatic nitrogens is 3. The first kappa shape index (κ1) is 25.0. The molecule has 4 aromatic rings. The first-order valence-electron chi connectivity index (χ1n) is 12.4. The molecule has 5 rings (SSSR count). The van der Waals surface area contributed by atoms with Gasteiger partial charge in [-0.15, -0.1) is 9.53 Å². The topological polar surface area (TPSA) is 112 Å². The zero-order valence-corrected chi connectivity index (χ0v) is 22.0. The zero-order chi connectivity index (χ0) is 26.3. The van der Waals surface area contributed by atoms with E-state index >= 15 is 0 Å². The van der Waals surface area contributed by atoms with Gasteiger partial charge in [0.2, 0.25) is 16.9 Å². The summed E-state index contributed by atoms with van der Waals surface area (Å²) in [7, 11) is 0. The van der Waals surface area contributed by atoms with E-state index in [1.54, 1.807) is 22.9 Å². The predicted octanol–water partition coefficient (Wildman–Crippen LogP) is 3.84. The number of fused-ring (bicyclic) bond motifs is 2. The molecule has 1 aromatic heterocycles. The molecule has 192 valence electrons. The van der Waals surface area contributed by atoms with E-state index in [0.717, 1.165) is 46.5 Å². The van der Waals surface area contributed by atoms with Gasteiger partial charge in [-0.1, -0.05) is 35.4 Å². The van der Waals surface area contributed by atoms with Crippen LogP contribution in [0.1, 0.15) is 45.8 Å². The van der Waals surface area contributed by atoms with E-state index in [2.05, 4.69) is 54.8 Å². The second-order valence-corrected chi connectivity index (χ2v) is 10.4. The van der Waals surface area contributed by atoms with Gasteiger partial charge in [0.05, 0.1) is 17.3 Å². The third kappa shape index (κ3) is 5.12. The number of rotatable bonds is 6. The monoisotopic (exact) mass is 518 g/mol. The normalized spacial score (nSPS) is 15.8. The number of hydrogen-bond acceptors (Lipinski definition) is 5. The Morgan fingerprint density at radius 2 is 1.97 bits per heavy atom. The number of aryl methyl sites for hydroxylation is 3. The molecule has 1 aliphatic rings. The lowest BCUT2D eigenvalue weighted by atomic mass is 9.93. The number of nitrogens with two attached hydrogens (primary N) is 1. The van der Waals surface area contributed by atoms with Crippen molar-refractivity contribution in [1.29, 1.82) is 0 Å². The Balaban J connectivity index is 1.35. The average Bonchev–Trinajstić information content (AvgIpc) is 3.15. The highest BCUT2D eigenvalue weighted by Crippen LogP contribution is 2.31. The molecular formula is C28H31ClN6O2. The quantitative estimate of drug-likeness (QED) is 0.265. The zero-order valence-electron chi connectivity index (χ0n) is 21.2. The molecule has 0 saturated heterocycles. The minimum Gasteiger partial charge on any atom is -0.691 e. The Kier molecular flexibility index (Phi) is 6.79. The number of carbonyl (C=O) groups excluding carboxylic acids is 1. The molecule has 3 aromatic carbocycles.